The molecule has 0 saturated heterocycles. The summed E-state index contributed by atoms with van der Waals surface area (Å²) in [6.07, 6.45) is 5.56. The van der Waals surface area contributed by atoms with E-state index in [4.69, 9.17) is 0 Å². The maximum absolute atomic E-state index is 9.90. The zero-order chi connectivity index (χ0) is 15.5. The van der Waals surface area contributed by atoms with Crippen molar-refractivity contribution >= 4 is 23.5 Å². The fourth-order valence-electron chi connectivity index (χ4n) is 2.28. The van der Waals surface area contributed by atoms with E-state index in [9.17, 15) is 10.4 Å². The number of pyridine rings is 1. The van der Waals surface area contributed by atoms with E-state index in [0.717, 1.165) is 16.0 Å². The quantitative estimate of drug-likeness (QED) is 0.668. The Bertz CT molecular complexity index is 719. The van der Waals surface area contributed by atoms with Gasteiger partial charge in [0.15, 0.2) is 0 Å². The smallest absolute Gasteiger partial charge is 0.212 e. The second kappa shape index (κ2) is 6.63. The molecule has 114 valence electrons. The molecule has 7 heteroatoms. The van der Waals surface area contributed by atoms with E-state index in [1.807, 2.05) is 24.9 Å². The van der Waals surface area contributed by atoms with Crippen LogP contribution < -0.4 is 0 Å². The first-order chi connectivity index (χ1) is 10.7. The lowest BCUT2D eigenvalue weighted by atomic mass is 10.0. The van der Waals surface area contributed by atoms with Crippen molar-refractivity contribution in [2.45, 2.75) is 29.5 Å². The predicted molar refractivity (Wildman–Crippen MR) is 88.8 cm³/mol. The minimum absolute atomic E-state index is 0.0636. The van der Waals surface area contributed by atoms with Gasteiger partial charge in [-0.15, -0.1) is 11.8 Å². The number of nitriles is 1. The molecule has 0 spiro atoms. The molecule has 1 saturated carbocycles. The van der Waals surface area contributed by atoms with Gasteiger partial charge < -0.3 is 5.11 Å². The van der Waals surface area contributed by atoms with E-state index >= 15 is 0 Å². The van der Waals surface area contributed by atoms with Gasteiger partial charge in [0.2, 0.25) is 5.88 Å². The number of hydrogen-bond acceptors (Lipinski definition) is 6. The van der Waals surface area contributed by atoms with Gasteiger partial charge >= 0.3 is 0 Å². The summed E-state index contributed by atoms with van der Waals surface area (Å²) in [6.45, 7) is 0. The van der Waals surface area contributed by atoms with Crippen molar-refractivity contribution in [2.75, 3.05) is 5.08 Å². The van der Waals surface area contributed by atoms with Gasteiger partial charge in [0.25, 0.3) is 0 Å². The van der Waals surface area contributed by atoms with Crippen molar-refractivity contribution in [3.63, 3.8) is 0 Å². The maximum Gasteiger partial charge on any atom is 0.212 e. The van der Waals surface area contributed by atoms with Crippen LogP contribution in [0.5, 0.6) is 5.88 Å². The molecule has 2 heterocycles. The maximum atomic E-state index is 9.90. The van der Waals surface area contributed by atoms with Crippen LogP contribution >= 0.6 is 23.5 Å². The van der Waals surface area contributed by atoms with Crippen LogP contribution in [-0.4, -0.2) is 30.2 Å². The summed E-state index contributed by atoms with van der Waals surface area (Å²) >= 11 is 3.42. The van der Waals surface area contributed by atoms with Crippen molar-refractivity contribution in [1.82, 2.24) is 14.8 Å². The van der Waals surface area contributed by atoms with Gasteiger partial charge in [-0.25, -0.2) is 4.98 Å². The molecule has 0 unspecified atom stereocenters. The minimum Gasteiger partial charge on any atom is -0.493 e. The summed E-state index contributed by atoms with van der Waals surface area (Å²) in [7, 11) is 1.81. The largest absolute Gasteiger partial charge is 0.493 e. The molecule has 2 aromatic rings. The Kier molecular flexibility index (Phi) is 4.60. The Balaban J connectivity index is 1.87. The SMILES string of the molecule is Cn1nccc1-c1cc(O)nc(SCSC2CCC2)c1C#N. The molecule has 0 amide bonds. The lowest BCUT2D eigenvalue weighted by Gasteiger charge is -2.24. The molecule has 5 nitrogen and oxygen atoms in total. The number of hydrogen-bond donors (Lipinski definition) is 1. The zero-order valence-corrected chi connectivity index (χ0v) is 13.8. The number of aryl methyl sites for hydroxylation is 1. The Morgan fingerprint density at radius 2 is 2.32 bits per heavy atom. The third-order valence-electron chi connectivity index (χ3n) is 3.73. The van der Waals surface area contributed by atoms with Crippen molar-refractivity contribution in [3.05, 3.63) is 23.9 Å². The second-order valence-electron chi connectivity index (χ2n) is 5.14. The highest BCUT2D eigenvalue weighted by Gasteiger charge is 2.20. The lowest BCUT2D eigenvalue weighted by Crippen LogP contribution is -2.13. The first-order valence-electron chi connectivity index (χ1n) is 7.06. The standard InChI is InChI=1S/C15H16N4OS2/c1-19-13(5-6-17-19)11-7-14(20)18-15(12(11)8-16)22-9-21-10-3-2-4-10/h5-7,10H,2-4,9H2,1H3,(H,18,20). The highest BCUT2D eigenvalue weighted by Crippen LogP contribution is 2.37. The molecule has 0 bridgehead atoms. The topological polar surface area (TPSA) is 74.7 Å². The molecule has 1 fully saturated rings. The van der Waals surface area contributed by atoms with E-state index in [1.165, 1.54) is 37.1 Å². The molecule has 1 N–H and O–H groups in total. The van der Waals surface area contributed by atoms with Gasteiger partial charge in [-0.2, -0.15) is 10.4 Å². The highest BCUT2D eigenvalue weighted by molar-refractivity contribution is 8.16. The van der Waals surface area contributed by atoms with E-state index < -0.39 is 0 Å². The molecule has 0 aromatic carbocycles. The van der Waals surface area contributed by atoms with E-state index in [1.54, 1.807) is 10.9 Å². The van der Waals surface area contributed by atoms with Gasteiger partial charge in [0, 0.05) is 35.2 Å². The van der Waals surface area contributed by atoms with Gasteiger partial charge in [-0.05, 0) is 18.9 Å². The Labute approximate surface area is 137 Å². The Morgan fingerprint density at radius 3 is 2.91 bits per heavy atom. The van der Waals surface area contributed by atoms with Crippen molar-refractivity contribution in [3.8, 4) is 23.2 Å². The number of rotatable bonds is 5. The van der Waals surface area contributed by atoms with Crippen LogP contribution in [0.2, 0.25) is 0 Å². The molecule has 1 aliphatic rings. The lowest BCUT2D eigenvalue weighted by molar-refractivity contribution is 0.449. The molecule has 1 aliphatic carbocycles. The van der Waals surface area contributed by atoms with Gasteiger partial charge in [-0.3, -0.25) is 4.68 Å². The van der Waals surface area contributed by atoms with E-state index in [2.05, 4.69) is 16.2 Å². The number of nitrogens with zero attached hydrogens (tertiary/aromatic N) is 4. The van der Waals surface area contributed by atoms with Crippen molar-refractivity contribution < 1.29 is 5.11 Å². The third-order valence-corrected chi connectivity index (χ3v) is 6.26. The minimum atomic E-state index is -0.0636. The summed E-state index contributed by atoms with van der Waals surface area (Å²) in [5.74, 6) is -0.0636. The van der Waals surface area contributed by atoms with Crippen LogP contribution in [0.25, 0.3) is 11.3 Å². The van der Waals surface area contributed by atoms with Crippen LogP contribution in [0.15, 0.2) is 23.4 Å². The van der Waals surface area contributed by atoms with Crippen molar-refractivity contribution in [1.29, 1.82) is 5.26 Å². The van der Waals surface area contributed by atoms with Gasteiger partial charge in [-0.1, -0.05) is 18.2 Å². The zero-order valence-electron chi connectivity index (χ0n) is 12.2. The predicted octanol–water partition coefficient (Wildman–Crippen LogP) is 3.39. The Hall–Kier alpha value is -1.65. The Morgan fingerprint density at radius 1 is 1.50 bits per heavy atom. The molecular weight excluding hydrogens is 316 g/mol. The monoisotopic (exact) mass is 332 g/mol. The molecule has 3 rings (SSSR count). The number of aromatic hydroxyl groups is 1. The molecule has 22 heavy (non-hydrogen) atoms. The van der Waals surface area contributed by atoms with Crippen LogP contribution in [-0.2, 0) is 7.05 Å². The van der Waals surface area contributed by atoms with Crippen LogP contribution in [0.4, 0.5) is 0 Å². The van der Waals surface area contributed by atoms with E-state index in [0.29, 0.717) is 16.2 Å². The number of aromatic nitrogens is 3. The third kappa shape index (κ3) is 3.08. The van der Waals surface area contributed by atoms with Crippen LogP contribution in [0, 0.1) is 11.3 Å². The average Bonchev–Trinajstić information content (AvgIpc) is 2.87. The summed E-state index contributed by atoms with van der Waals surface area (Å²) in [5.41, 5.74) is 1.97. The molecule has 0 radical (unpaired) electrons. The average molecular weight is 332 g/mol. The summed E-state index contributed by atoms with van der Waals surface area (Å²) in [5, 5.41) is 25.7. The van der Waals surface area contributed by atoms with Crippen LogP contribution in [0.3, 0.4) is 0 Å². The first kappa shape index (κ1) is 15.3. The molecule has 2 aromatic heterocycles. The number of thioether (sulfide) groups is 2. The van der Waals surface area contributed by atoms with Crippen LogP contribution in [0.1, 0.15) is 24.8 Å². The summed E-state index contributed by atoms with van der Waals surface area (Å²) in [6, 6.07) is 5.58. The summed E-state index contributed by atoms with van der Waals surface area (Å²) in [4.78, 5) is 4.14. The van der Waals surface area contributed by atoms with Gasteiger partial charge in [0.05, 0.1) is 11.3 Å². The fraction of sp³-hybridized carbons (Fsp3) is 0.400. The highest BCUT2D eigenvalue weighted by atomic mass is 32.2. The molecule has 0 aliphatic heterocycles. The molecule has 0 atom stereocenters. The molecular formula is C15H16N4OS2. The normalized spacial score (nSPS) is 14.5. The first-order valence-corrected chi connectivity index (χ1v) is 9.09. The van der Waals surface area contributed by atoms with Gasteiger partial charge in [0.1, 0.15) is 11.1 Å². The second-order valence-corrected chi connectivity index (χ2v) is 7.76. The van der Waals surface area contributed by atoms with E-state index in [-0.39, 0.29) is 5.88 Å². The van der Waals surface area contributed by atoms with Crippen molar-refractivity contribution in [2.24, 2.45) is 7.05 Å². The fourth-order valence-corrected chi connectivity index (χ4v) is 4.90. The summed E-state index contributed by atoms with van der Waals surface area (Å²) < 4.78 is 1.69.